The number of hydrogen-bond donors (Lipinski definition) is 2. The number of nitrogens with two attached hydrogens (primary N) is 1. The molecule has 2 aromatic carbocycles. The van der Waals surface area contributed by atoms with E-state index in [1.54, 1.807) is 24.3 Å². The van der Waals surface area contributed by atoms with E-state index in [0.717, 1.165) is 4.47 Å². The van der Waals surface area contributed by atoms with E-state index < -0.39 is 10.8 Å². The summed E-state index contributed by atoms with van der Waals surface area (Å²) in [6, 6.07) is 11.8. The standard InChI is InChI=1S/C14H12BrClN2O2S/c15-9-1-4-11(5-2-9)18-14(19)8-21(20)13-6-3-10(16)7-12(13)17/h1-7H,8,17H2,(H,18,19). The number of benzene rings is 2. The summed E-state index contributed by atoms with van der Waals surface area (Å²) in [5.74, 6) is -0.507. The molecule has 0 aliphatic rings. The Hall–Kier alpha value is -1.37. The van der Waals surface area contributed by atoms with Crippen molar-refractivity contribution in [2.45, 2.75) is 4.90 Å². The summed E-state index contributed by atoms with van der Waals surface area (Å²) >= 11 is 9.10. The van der Waals surface area contributed by atoms with Crippen LogP contribution in [-0.4, -0.2) is 15.9 Å². The molecule has 0 saturated heterocycles. The number of nitrogen functional groups attached to an aromatic ring is 1. The molecule has 0 fully saturated rings. The highest BCUT2D eigenvalue weighted by atomic mass is 79.9. The van der Waals surface area contributed by atoms with Crippen LogP contribution < -0.4 is 11.1 Å². The molecule has 1 unspecified atom stereocenters. The fraction of sp³-hybridized carbons (Fsp3) is 0.0714. The maximum absolute atomic E-state index is 12.2. The second-order valence-electron chi connectivity index (χ2n) is 4.23. The highest BCUT2D eigenvalue weighted by molar-refractivity contribution is 9.10. The number of amides is 1. The van der Waals surface area contributed by atoms with Crippen LogP contribution in [0.1, 0.15) is 0 Å². The molecule has 1 atom stereocenters. The lowest BCUT2D eigenvalue weighted by Gasteiger charge is -2.07. The predicted molar refractivity (Wildman–Crippen MR) is 89.9 cm³/mol. The van der Waals surface area contributed by atoms with Crippen LogP contribution in [0.15, 0.2) is 51.8 Å². The van der Waals surface area contributed by atoms with Crippen LogP contribution in [0.5, 0.6) is 0 Å². The van der Waals surface area contributed by atoms with E-state index in [2.05, 4.69) is 21.2 Å². The van der Waals surface area contributed by atoms with Gasteiger partial charge in [0.25, 0.3) is 0 Å². The smallest absolute Gasteiger partial charge is 0.237 e. The van der Waals surface area contributed by atoms with Crippen LogP contribution >= 0.6 is 27.5 Å². The molecular weight excluding hydrogens is 376 g/mol. The minimum atomic E-state index is -1.52. The quantitative estimate of drug-likeness (QED) is 0.789. The topological polar surface area (TPSA) is 72.2 Å². The van der Waals surface area contributed by atoms with Gasteiger partial charge in [-0.2, -0.15) is 0 Å². The second kappa shape index (κ2) is 7.06. The molecule has 4 nitrogen and oxygen atoms in total. The highest BCUT2D eigenvalue weighted by Crippen LogP contribution is 2.21. The minimum Gasteiger partial charge on any atom is -0.398 e. The van der Waals surface area contributed by atoms with Crippen LogP contribution in [0.4, 0.5) is 11.4 Å². The van der Waals surface area contributed by atoms with Crippen molar-refractivity contribution >= 4 is 55.6 Å². The Morgan fingerprint density at radius 3 is 2.52 bits per heavy atom. The van der Waals surface area contributed by atoms with Gasteiger partial charge >= 0.3 is 0 Å². The van der Waals surface area contributed by atoms with Gasteiger partial charge in [-0.1, -0.05) is 27.5 Å². The molecule has 3 N–H and O–H groups in total. The monoisotopic (exact) mass is 386 g/mol. The minimum absolute atomic E-state index is 0.165. The van der Waals surface area contributed by atoms with Gasteiger partial charge in [-0.15, -0.1) is 0 Å². The number of halogens is 2. The fourth-order valence-electron chi connectivity index (χ4n) is 1.65. The Bertz CT molecular complexity index is 692. The fourth-order valence-corrected chi connectivity index (χ4v) is 3.11. The summed E-state index contributed by atoms with van der Waals surface area (Å²) in [7, 11) is -1.52. The molecule has 0 aliphatic heterocycles. The maximum Gasteiger partial charge on any atom is 0.237 e. The van der Waals surface area contributed by atoms with Crippen molar-refractivity contribution < 1.29 is 9.00 Å². The molecule has 0 aromatic heterocycles. The third kappa shape index (κ3) is 4.56. The van der Waals surface area contributed by atoms with Crippen LogP contribution in [-0.2, 0) is 15.6 Å². The Morgan fingerprint density at radius 2 is 1.90 bits per heavy atom. The first kappa shape index (κ1) is 16.0. The number of hydrogen-bond acceptors (Lipinski definition) is 3. The van der Waals surface area contributed by atoms with Gasteiger partial charge < -0.3 is 11.1 Å². The molecular formula is C14H12BrClN2O2S. The van der Waals surface area contributed by atoms with Crippen molar-refractivity contribution in [2.24, 2.45) is 0 Å². The van der Waals surface area contributed by atoms with E-state index in [1.807, 2.05) is 12.1 Å². The summed E-state index contributed by atoms with van der Waals surface area (Å²) < 4.78 is 13.1. The predicted octanol–water partition coefficient (Wildman–Crippen LogP) is 3.43. The van der Waals surface area contributed by atoms with E-state index in [4.69, 9.17) is 17.3 Å². The van der Waals surface area contributed by atoms with Crippen molar-refractivity contribution in [1.29, 1.82) is 0 Å². The van der Waals surface area contributed by atoms with Crippen LogP contribution in [0.2, 0.25) is 5.02 Å². The summed E-state index contributed by atoms with van der Waals surface area (Å²) in [5, 5.41) is 3.15. The molecule has 0 heterocycles. The summed E-state index contributed by atoms with van der Waals surface area (Å²) in [4.78, 5) is 12.3. The third-order valence-corrected chi connectivity index (χ3v) is 4.76. The molecule has 2 rings (SSSR count). The lowest BCUT2D eigenvalue weighted by atomic mass is 10.3. The average Bonchev–Trinajstić information content (AvgIpc) is 2.41. The van der Waals surface area contributed by atoms with E-state index >= 15 is 0 Å². The van der Waals surface area contributed by atoms with E-state index in [-0.39, 0.29) is 11.7 Å². The molecule has 110 valence electrons. The van der Waals surface area contributed by atoms with E-state index in [1.165, 1.54) is 6.07 Å². The van der Waals surface area contributed by atoms with Gasteiger partial charge in [0.2, 0.25) is 5.91 Å². The van der Waals surface area contributed by atoms with Gasteiger partial charge in [0.15, 0.2) is 0 Å². The molecule has 0 saturated carbocycles. The Kier molecular flexibility index (Phi) is 5.39. The van der Waals surface area contributed by atoms with Crippen LogP contribution in [0, 0.1) is 0 Å². The second-order valence-corrected chi connectivity index (χ2v) is 7.00. The van der Waals surface area contributed by atoms with Crippen molar-refractivity contribution in [3.63, 3.8) is 0 Å². The lowest BCUT2D eigenvalue weighted by molar-refractivity contribution is -0.113. The first-order chi connectivity index (χ1) is 9.95. The van der Waals surface area contributed by atoms with Crippen molar-refractivity contribution in [1.82, 2.24) is 0 Å². The molecule has 0 bridgehead atoms. The zero-order chi connectivity index (χ0) is 15.4. The molecule has 2 aromatic rings. The van der Waals surface area contributed by atoms with Gasteiger partial charge in [-0.05, 0) is 42.5 Å². The zero-order valence-electron chi connectivity index (χ0n) is 10.8. The first-order valence-electron chi connectivity index (χ1n) is 5.94. The summed E-state index contributed by atoms with van der Waals surface area (Å²) in [5.41, 5.74) is 6.71. The average molecular weight is 388 g/mol. The molecule has 0 aliphatic carbocycles. The number of carbonyl (C=O) groups is 1. The third-order valence-electron chi connectivity index (χ3n) is 2.61. The molecule has 7 heteroatoms. The number of carbonyl (C=O) groups excluding carboxylic acids is 1. The van der Waals surface area contributed by atoms with E-state index in [0.29, 0.717) is 21.3 Å². The maximum atomic E-state index is 12.2. The van der Waals surface area contributed by atoms with Gasteiger partial charge in [-0.25, -0.2) is 0 Å². The summed E-state index contributed by atoms with van der Waals surface area (Å²) in [6.45, 7) is 0. The zero-order valence-corrected chi connectivity index (χ0v) is 14.0. The molecule has 1 amide bonds. The lowest BCUT2D eigenvalue weighted by Crippen LogP contribution is -2.20. The van der Waals surface area contributed by atoms with Crippen molar-refractivity contribution in [2.75, 3.05) is 16.8 Å². The molecule has 21 heavy (non-hydrogen) atoms. The van der Waals surface area contributed by atoms with Crippen molar-refractivity contribution in [3.05, 3.63) is 52.0 Å². The van der Waals surface area contributed by atoms with Gasteiger partial charge in [0.1, 0.15) is 5.75 Å². The highest BCUT2D eigenvalue weighted by Gasteiger charge is 2.13. The Morgan fingerprint density at radius 1 is 1.24 bits per heavy atom. The number of nitrogens with one attached hydrogen (secondary N) is 1. The van der Waals surface area contributed by atoms with E-state index in [9.17, 15) is 9.00 Å². The number of rotatable bonds is 4. The van der Waals surface area contributed by atoms with Gasteiger partial charge in [0, 0.05) is 20.9 Å². The number of anilines is 2. The van der Waals surface area contributed by atoms with Gasteiger partial charge in [-0.3, -0.25) is 9.00 Å². The summed E-state index contributed by atoms with van der Waals surface area (Å²) in [6.07, 6.45) is 0. The first-order valence-corrected chi connectivity index (χ1v) is 8.43. The SMILES string of the molecule is Nc1cc(Cl)ccc1S(=O)CC(=O)Nc1ccc(Br)cc1. The van der Waals surface area contributed by atoms with Crippen molar-refractivity contribution in [3.8, 4) is 0 Å². The molecule has 0 radical (unpaired) electrons. The Labute approximate surface area is 138 Å². The Balaban J connectivity index is 2.02. The largest absolute Gasteiger partial charge is 0.398 e. The van der Waals surface area contributed by atoms with Crippen LogP contribution in [0.3, 0.4) is 0 Å². The normalized spacial score (nSPS) is 11.9. The van der Waals surface area contributed by atoms with Crippen LogP contribution in [0.25, 0.3) is 0 Å². The molecule has 0 spiro atoms. The van der Waals surface area contributed by atoms with Gasteiger partial charge in [0.05, 0.1) is 15.7 Å².